The van der Waals surface area contributed by atoms with Crippen LogP contribution in [0.25, 0.3) is 10.2 Å². The highest BCUT2D eigenvalue weighted by molar-refractivity contribution is 8.01. The Balaban J connectivity index is 1.67. The first-order chi connectivity index (χ1) is 12.0. The lowest BCUT2D eigenvalue weighted by Gasteiger charge is -2.11. The fourth-order valence-electron chi connectivity index (χ4n) is 2.18. The number of anilines is 1. The van der Waals surface area contributed by atoms with Crippen molar-refractivity contribution in [1.29, 1.82) is 0 Å². The minimum Gasteiger partial charge on any atom is -0.495 e. The number of aryl methyl sites for hydroxylation is 1. The molecule has 0 unspecified atom stereocenters. The quantitative estimate of drug-likeness (QED) is 0.549. The molecule has 0 aliphatic rings. The normalized spacial score (nSPS) is 10.9. The number of thiazole rings is 1. The van der Waals surface area contributed by atoms with E-state index < -0.39 is 0 Å². The molecule has 8 heteroatoms. The van der Waals surface area contributed by atoms with Crippen molar-refractivity contribution in [2.45, 2.75) is 11.3 Å². The van der Waals surface area contributed by atoms with Gasteiger partial charge in [-0.05, 0) is 36.8 Å². The third-order valence-electron chi connectivity index (χ3n) is 3.41. The molecular formula is C17H14Cl2N2O2S2. The number of nitrogens with one attached hydrogen (secondary N) is 1. The number of benzene rings is 2. The van der Waals surface area contributed by atoms with Crippen LogP contribution in [0.4, 0.5) is 5.69 Å². The number of rotatable bonds is 5. The summed E-state index contributed by atoms with van der Waals surface area (Å²) in [6.45, 7) is 1.87. The first-order valence-electron chi connectivity index (χ1n) is 7.29. The Bertz CT molecular complexity index is 944. The number of methoxy groups -OCH3 is 1. The summed E-state index contributed by atoms with van der Waals surface area (Å²) >= 11 is 15.0. The van der Waals surface area contributed by atoms with Crippen LogP contribution in [0.1, 0.15) is 5.56 Å². The molecule has 1 amide bonds. The van der Waals surface area contributed by atoms with Gasteiger partial charge in [-0.25, -0.2) is 4.98 Å². The van der Waals surface area contributed by atoms with Gasteiger partial charge >= 0.3 is 0 Å². The smallest absolute Gasteiger partial charge is 0.234 e. The van der Waals surface area contributed by atoms with E-state index in [4.69, 9.17) is 27.9 Å². The zero-order valence-corrected chi connectivity index (χ0v) is 16.6. The van der Waals surface area contributed by atoms with Crippen molar-refractivity contribution in [3.05, 3.63) is 45.9 Å². The van der Waals surface area contributed by atoms with Gasteiger partial charge in [0.05, 0.1) is 28.8 Å². The lowest BCUT2D eigenvalue weighted by Crippen LogP contribution is -2.14. The third kappa shape index (κ3) is 4.39. The maximum Gasteiger partial charge on any atom is 0.234 e. The van der Waals surface area contributed by atoms with Crippen molar-refractivity contribution in [3.63, 3.8) is 0 Å². The van der Waals surface area contributed by atoms with Crippen LogP contribution in [0.15, 0.2) is 34.7 Å². The summed E-state index contributed by atoms with van der Waals surface area (Å²) < 4.78 is 7.14. The second-order valence-electron chi connectivity index (χ2n) is 5.23. The molecule has 0 radical (unpaired) electrons. The number of amides is 1. The predicted molar refractivity (Wildman–Crippen MR) is 107 cm³/mol. The minimum atomic E-state index is -0.137. The van der Waals surface area contributed by atoms with Gasteiger partial charge in [0.15, 0.2) is 4.34 Å². The van der Waals surface area contributed by atoms with Crippen LogP contribution in [-0.4, -0.2) is 23.8 Å². The number of aromatic nitrogens is 1. The molecule has 130 valence electrons. The molecule has 0 aliphatic heterocycles. The maximum atomic E-state index is 12.3. The fourth-order valence-corrected chi connectivity index (χ4v) is 4.35. The van der Waals surface area contributed by atoms with Crippen molar-refractivity contribution in [2.75, 3.05) is 18.2 Å². The summed E-state index contributed by atoms with van der Waals surface area (Å²) in [6.07, 6.45) is 0. The summed E-state index contributed by atoms with van der Waals surface area (Å²) in [5.41, 5.74) is 2.31. The Hall–Kier alpha value is -1.47. The van der Waals surface area contributed by atoms with E-state index in [0.717, 1.165) is 20.1 Å². The summed E-state index contributed by atoms with van der Waals surface area (Å²) in [5, 5.41) is 4.10. The molecule has 1 N–H and O–H groups in total. The number of nitrogens with zero attached hydrogens (tertiary/aromatic N) is 1. The van der Waals surface area contributed by atoms with E-state index in [0.29, 0.717) is 21.5 Å². The van der Waals surface area contributed by atoms with Gasteiger partial charge in [-0.3, -0.25) is 4.79 Å². The number of hydrogen-bond donors (Lipinski definition) is 1. The fraction of sp³-hybridized carbons (Fsp3) is 0.176. The summed E-state index contributed by atoms with van der Waals surface area (Å²) in [7, 11) is 1.54. The number of fused-ring (bicyclic) bond motifs is 1. The molecule has 0 saturated carbocycles. The molecule has 0 aliphatic carbocycles. The van der Waals surface area contributed by atoms with E-state index >= 15 is 0 Å². The van der Waals surface area contributed by atoms with Gasteiger partial charge in [0.25, 0.3) is 0 Å². The van der Waals surface area contributed by atoms with Gasteiger partial charge in [0.1, 0.15) is 5.75 Å². The highest BCUT2D eigenvalue weighted by Gasteiger charge is 2.12. The Morgan fingerprint density at radius 3 is 2.88 bits per heavy atom. The molecule has 3 rings (SSSR count). The van der Waals surface area contributed by atoms with E-state index in [9.17, 15) is 4.79 Å². The van der Waals surface area contributed by atoms with Crippen LogP contribution >= 0.6 is 46.3 Å². The topological polar surface area (TPSA) is 51.2 Å². The minimum absolute atomic E-state index is 0.137. The van der Waals surface area contributed by atoms with E-state index in [2.05, 4.69) is 10.3 Å². The van der Waals surface area contributed by atoms with Gasteiger partial charge in [-0.15, -0.1) is 11.3 Å². The Morgan fingerprint density at radius 2 is 2.12 bits per heavy atom. The van der Waals surface area contributed by atoms with Crippen molar-refractivity contribution in [1.82, 2.24) is 4.98 Å². The maximum absolute atomic E-state index is 12.3. The molecule has 0 spiro atoms. The van der Waals surface area contributed by atoms with Crippen LogP contribution in [-0.2, 0) is 4.79 Å². The Kier molecular flexibility index (Phi) is 5.74. The molecule has 0 fully saturated rings. The van der Waals surface area contributed by atoms with Gasteiger partial charge in [-0.2, -0.15) is 0 Å². The average Bonchev–Trinajstić information content (AvgIpc) is 2.98. The first-order valence-corrected chi connectivity index (χ1v) is 9.85. The zero-order valence-electron chi connectivity index (χ0n) is 13.4. The highest BCUT2D eigenvalue weighted by atomic mass is 35.5. The largest absolute Gasteiger partial charge is 0.495 e. The van der Waals surface area contributed by atoms with Crippen LogP contribution in [0.3, 0.4) is 0 Å². The zero-order chi connectivity index (χ0) is 18.0. The summed E-state index contributed by atoms with van der Waals surface area (Å²) in [6, 6.07) is 9.07. The molecule has 0 atom stereocenters. The second-order valence-corrected chi connectivity index (χ2v) is 8.33. The average molecular weight is 413 g/mol. The number of halogens is 2. The van der Waals surface area contributed by atoms with Crippen molar-refractivity contribution >= 4 is 68.1 Å². The Morgan fingerprint density at radius 1 is 1.32 bits per heavy atom. The number of thioether (sulfide) groups is 1. The molecule has 1 heterocycles. The van der Waals surface area contributed by atoms with Crippen molar-refractivity contribution in [2.24, 2.45) is 0 Å². The number of hydrogen-bond acceptors (Lipinski definition) is 5. The van der Waals surface area contributed by atoms with Gasteiger partial charge in [0, 0.05) is 16.1 Å². The van der Waals surface area contributed by atoms with Gasteiger partial charge in [0.2, 0.25) is 5.91 Å². The van der Waals surface area contributed by atoms with Crippen LogP contribution < -0.4 is 10.1 Å². The van der Waals surface area contributed by atoms with Gasteiger partial charge in [-0.1, -0.05) is 35.0 Å². The van der Waals surface area contributed by atoms with Crippen LogP contribution in [0, 0.1) is 6.92 Å². The molecule has 1 aromatic heterocycles. The Labute approximate surface area is 163 Å². The van der Waals surface area contributed by atoms with Crippen LogP contribution in [0.2, 0.25) is 10.0 Å². The monoisotopic (exact) mass is 412 g/mol. The van der Waals surface area contributed by atoms with Crippen molar-refractivity contribution in [3.8, 4) is 5.75 Å². The second kappa shape index (κ2) is 7.83. The molecule has 3 aromatic rings. The predicted octanol–water partition coefficient (Wildman–Crippen LogP) is 5.65. The third-order valence-corrected chi connectivity index (χ3v) is 6.23. The van der Waals surface area contributed by atoms with Crippen molar-refractivity contribution < 1.29 is 9.53 Å². The van der Waals surface area contributed by atoms with E-state index in [1.807, 2.05) is 25.1 Å². The summed E-state index contributed by atoms with van der Waals surface area (Å²) in [4.78, 5) is 16.7. The number of carbonyl (C=O) groups excluding carboxylic acids is 1. The number of carbonyl (C=O) groups is 1. The van der Waals surface area contributed by atoms with E-state index in [1.54, 1.807) is 12.1 Å². The molecular weight excluding hydrogens is 399 g/mol. The van der Waals surface area contributed by atoms with E-state index in [-0.39, 0.29) is 11.7 Å². The molecule has 0 bridgehead atoms. The lowest BCUT2D eigenvalue weighted by atomic mass is 10.2. The number of ether oxygens (including phenoxy) is 1. The molecule has 25 heavy (non-hydrogen) atoms. The molecule has 0 saturated heterocycles. The van der Waals surface area contributed by atoms with Crippen LogP contribution in [0.5, 0.6) is 5.75 Å². The summed E-state index contributed by atoms with van der Waals surface area (Å²) in [5.74, 6) is 0.643. The van der Waals surface area contributed by atoms with Gasteiger partial charge < -0.3 is 10.1 Å². The SMILES string of the molecule is COc1cc(Cl)c(C)cc1NC(=O)CSc1nc2cc(Cl)ccc2s1. The van der Waals surface area contributed by atoms with E-state index in [1.165, 1.54) is 30.2 Å². The highest BCUT2D eigenvalue weighted by Crippen LogP contribution is 2.33. The first kappa shape index (κ1) is 18.3. The molecule has 4 nitrogen and oxygen atoms in total. The lowest BCUT2D eigenvalue weighted by molar-refractivity contribution is -0.113. The molecule has 2 aromatic carbocycles. The standard InChI is InChI=1S/C17H14Cl2N2O2S2/c1-9-5-12(14(23-2)7-11(9)19)20-16(22)8-24-17-21-13-6-10(18)3-4-15(13)25-17/h3-7H,8H2,1-2H3,(H,20,22).